The molecule has 22 heteroatoms. The number of fused-ring (bicyclic) bond motifs is 4. The third kappa shape index (κ3) is 8.15. The number of nitrogens with zero attached hydrogens (tertiary/aromatic N) is 14. The van der Waals surface area contributed by atoms with E-state index in [0.29, 0.717) is 78.4 Å². The molecule has 0 saturated heterocycles. The summed E-state index contributed by atoms with van der Waals surface area (Å²) in [5, 5.41) is 26.5. The molecule has 348 valence electrons. The van der Waals surface area contributed by atoms with Crippen LogP contribution in [0, 0.1) is 11.8 Å². The fourth-order valence-electron chi connectivity index (χ4n) is 8.69. The molecule has 0 aromatic carbocycles. The van der Waals surface area contributed by atoms with Gasteiger partial charge in [-0.1, -0.05) is 0 Å². The quantitative estimate of drug-likeness (QED) is 0.167. The van der Waals surface area contributed by atoms with Gasteiger partial charge in [0, 0.05) is 110 Å². The molecule has 0 aliphatic heterocycles. The van der Waals surface area contributed by atoms with Crippen LogP contribution in [0.5, 0.6) is 0 Å². The summed E-state index contributed by atoms with van der Waals surface area (Å²) in [5.41, 5.74) is 17.3. The summed E-state index contributed by atoms with van der Waals surface area (Å²) in [5.74, 6) is 1.54. The second-order valence-corrected chi connectivity index (χ2v) is 17.6. The molecule has 2 fully saturated rings. The molecule has 0 bridgehead atoms. The van der Waals surface area contributed by atoms with Crippen LogP contribution in [0.3, 0.4) is 0 Å². The first-order valence-electron chi connectivity index (χ1n) is 22.1. The Morgan fingerprint density at radius 1 is 0.529 bits per heavy atom. The Hall–Kier alpha value is -9.34. The van der Waals surface area contributed by atoms with E-state index in [-0.39, 0.29) is 46.6 Å². The lowest BCUT2D eigenvalue weighted by Gasteiger charge is -2.09. The fraction of sp³-hybridized carbons (Fsp3) is 0.208. The molecule has 6 N–H and O–H groups in total. The molecule has 70 heavy (non-hydrogen) atoms. The monoisotopic (exact) mass is 934 g/mol. The fourth-order valence-corrected chi connectivity index (χ4v) is 8.69. The minimum atomic E-state index is -0.270. The van der Waals surface area contributed by atoms with Crippen molar-refractivity contribution < 1.29 is 9.59 Å². The second-order valence-electron chi connectivity index (χ2n) is 17.6. The van der Waals surface area contributed by atoms with Crippen molar-refractivity contribution in [2.45, 2.75) is 24.7 Å². The van der Waals surface area contributed by atoms with E-state index in [1.165, 1.54) is 9.36 Å². The van der Waals surface area contributed by atoms with Gasteiger partial charge in [0.15, 0.2) is 0 Å². The largest absolute Gasteiger partial charge is 0.383 e. The maximum atomic E-state index is 12.8. The van der Waals surface area contributed by atoms with E-state index in [1.54, 1.807) is 97.3 Å². The maximum absolute atomic E-state index is 12.8. The van der Waals surface area contributed by atoms with Gasteiger partial charge in [0.1, 0.15) is 34.3 Å². The van der Waals surface area contributed by atoms with Gasteiger partial charge >= 0.3 is 0 Å². The molecule has 0 spiro atoms. The van der Waals surface area contributed by atoms with E-state index >= 15 is 0 Å². The van der Waals surface area contributed by atoms with Gasteiger partial charge in [-0.2, -0.15) is 20.4 Å². The smallest absolute Gasteiger partial charge is 0.292 e. The van der Waals surface area contributed by atoms with Crippen LogP contribution in [0.25, 0.3) is 65.9 Å². The topological polar surface area (TPSA) is 293 Å². The average molecular weight is 935 g/mol. The van der Waals surface area contributed by atoms with Crippen LogP contribution in [-0.4, -0.2) is 80.8 Å². The highest BCUT2D eigenvalue weighted by atomic mass is 16.2. The van der Waals surface area contributed by atoms with Gasteiger partial charge in [0.25, 0.3) is 11.1 Å². The zero-order valence-corrected chi connectivity index (χ0v) is 38.0. The molecule has 12 rings (SSSR count). The first kappa shape index (κ1) is 43.2. The van der Waals surface area contributed by atoms with Crippen molar-refractivity contribution in [2.75, 3.05) is 22.1 Å². The third-order valence-electron chi connectivity index (χ3n) is 12.7. The SMILES string of the molecule is Cn1cc([C@@H]2C[C@H]2C(=O)Nc2cc3cc(-c4cnc5c(=O)n(C)ncc5c4)nc(N)c3cn2)cn1.Cn1cc([C@H]2C[C@@H]2C(=O)Nc2cc3cc(-c4cnc5c(=O)n(C)ncc5c4)nc(N)c3cn2)cn1. The Morgan fingerprint density at radius 2 is 0.957 bits per heavy atom. The predicted octanol–water partition coefficient (Wildman–Crippen LogP) is 3.99. The van der Waals surface area contributed by atoms with E-state index in [9.17, 15) is 19.2 Å². The van der Waals surface area contributed by atoms with Gasteiger partial charge in [-0.15, -0.1) is 0 Å². The van der Waals surface area contributed by atoms with Crippen molar-refractivity contribution in [2.24, 2.45) is 40.0 Å². The first-order valence-corrected chi connectivity index (χ1v) is 22.1. The zero-order valence-electron chi connectivity index (χ0n) is 38.0. The highest BCUT2D eigenvalue weighted by Crippen LogP contribution is 2.49. The van der Waals surface area contributed by atoms with Crippen molar-refractivity contribution in [3.8, 4) is 22.5 Å². The summed E-state index contributed by atoms with van der Waals surface area (Å²) in [6.07, 6.45) is 18.6. The summed E-state index contributed by atoms with van der Waals surface area (Å²) in [6.45, 7) is 0. The third-order valence-corrected chi connectivity index (χ3v) is 12.7. The van der Waals surface area contributed by atoms with Gasteiger partial charge in [-0.3, -0.25) is 28.5 Å². The molecular formula is C48H42N18O4. The van der Waals surface area contributed by atoms with E-state index in [2.05, 4.69) is 60.9 Å². The Labute approximate surface area is 395 Å². The number of carbonyl (C=O) groups excluding carboxylic acids is 2. The Balaban J connectivity index is 0.000000152. The highest BCUT2D eigenvalue weighted by Gasteiger charge is 2.45. The lowest BCUT2D eigenvalue weighted by molar-refractivity contribution is -0.118. The maximum Gasteiger partial charge on any atom is 0.292 e. The predicted molar refractivity (Wildman–Crippen MR) is 261 cm³/mol. The number of aromatic nitrogens is 14. The van der Waals surface area contributed by atoms with Crippen molar-refractivity contribution >= 4 is 78.4 Å². The Morgan fingerprint density at radius 3 is 1.36 bits per heavy atom. The summed E-state index contributed by atoms with van der Waals surface area (Å²) >= 11 is 0. The number of aryl methyl sites for hydroxylation is 4. The molecule has 2 amide bonds. The molecule has 10 aromatic heterocycles. The molecular weight excluding hydrogens is 893 g/mol. The highest BCUT2D eigenvalue weighted by molar-refractivity contribution is 6.00. The number of nitrogen functional groups attached to an aromatic ring is 2. The number of carbonyl (C=O) groups is 2. The van der Waals surface area contributed by atoms with Crippen LogP contribution in [0.4, 0.5) is 23.3 Å². The number of pyridine rings is 6. The lowest BCUT2D eigenvalue weighted by Crippen LogP contribution is -2.19. The molecule has 2 aliphatic carbocycles. The number of hydrogen-bond acceptors (Lipinski definition) is 16. The molecule has 2 aliphatic rings. The summed E-state index contributed by atoms with van der Waals surface area (Å²) in [7, 11) is 6.88. The molecule has 10 aromatic rings. The number of rotatable bonds is 8. The second kappa shape index (κ2) is 16.8. The van der Waals surface area contributed by atoms with Crippen molar-refractivity contribution in [3.05, 3.63) is 130 Å². The standard InChI is InChI=1S/2C24H21N9O2/c2*1-32-11-15(9-28-32)16-6-17(16)23(34)31-20-5-12-4-19(30-22(25)18(12)10-26-20)13-3-14-8-29-33(2)24(35)21(14)27-7-13/h2*3-5,7-11,16-17H,6H2,1-2H3,(H2,25,30)(H,26,31,34)/t2*16-,17+/m10/s1. The van der Waals surface area contributed by atoms with Crippen LogP contribution >= 0.6 is 0 Å². The molecule has 0 unspecified atom stereocenters. The number of amides is 2. The molecule has 10 heterocycles. The van der Waals surface area contributed by atoms with Crippen molar-refractivity contribution in [1.29, 1.82) is 0 Å². The normalized spacial score (nSPS) is 17.1. The van der Waals surface area contributed by atoms with E-state index in [1.807, 2.05) is 38.6 Å². The minimum absolute atomic E-state index is 0.0687. The Bertz CT molecular complexity index is 3660. The van der Waals surface area contributed by atoms with Gasteiger partial charge in [0.05, 0.1) is 36.2 Å². The van der Waals surface area contributed by atoms with E-state index in [4.69, 9.17) is 11.5 Å². The molecule has 4 atom stereocenters. The van der Waals surface area contributed by atoms with Gasteiger partial charge < -0.3 is 22.1 Å². The summed E-state index contributed by atoms with van der Waals surface area (Å²) in [6, 6.07) is 10.9. The molecule has 0 radical (unpaired) electrons. The number of nitrogens with two attached hydrogens (primary N) is 2. The van der Waals surface area contributed by atoms with Crippen LogP contribution in [0.15, 0.2) is 108 Å². The minimum Gasteiger partial charge on any atom is -0.383 e. The van der Waals surface area contributed by atoms with Crippen LogP contribution < -0.4 is 33.2 Å². The van der Waals surface area contributed by atoms with Gasteiger partial charge in [-0.05, 0) is 83.0 Å². The van der Waals surface area contributed by atoms with Gasteiger partial charge in [0.2, 0.25) is 11.8 Å². The summed E-state index contributed by atoms with van der Waals surface area (Å²) in [4.78, 5) is 76.4. The average Bonchev–Trinajstić information content (AvgIpc) is 4.25. The van der Waals surface area contributed by atoms with Crippen molar-refractivity contribution in [1.82, 2.24) is 69.0 Å². The van der Waals surface area contributed by atoms with Crippen LogP contribution in [-0.2, 0) is 37.8 Å². The van der Waals surface area contributed by atoms with E-state index in [0.717, 1.165) is 34.7 Å². The van der Waals surface area contributed by atoms with Crippen LogP contribution in [0.2, 0.25) is 0 Å². The number of anilines is 4. The molecule has 22 nitrogen and oxygen atoms in total. The lowest BCUT2D eigenvalue weighted by atomic mass is 10.1. The zero-order chi connectivity index (χ0) is 48.5. The first-order chi connectivity index (χ1) is 33.7. The van der Waals surface area contributed by atoms with Crippen LogP contribution in [0.1, 0.15) is 35.8 Å². The van der Waals surface area contributed by atoms with Gasteiger partial charge in [-0.25, -0.2) is 39.3 Å². The Kier molecular flexibility index (Phi) is 10.4. The molecule has 2 saturated carbocycles. The van der Waals surface area contributed by atoms with Crippen molar-refractivity contribution in [3.63, 3.8) is 0 Å². The summed E-state index contributed by atoms with van der Waals surface area (Å²) < 4.78 is 5.96. The number of hydrogen-bond donors (Lipinski definition) is 4. The number of nitrogens with one attached hydrogen (secondary N) is 2. The van der Waals surface area contributed by atoms with E-state index < -0.39 is 0 Å².